The number of hydrogen-bond donors (Lipinski definition) is 5. The molecule has 1 amide bonds. The van der Waals surface area contributed by atoms with Gasteiger partial charge in [0, 0.05) is 19.4 Å². The van der Waals surface area contributed by atoms with Crippen molar-refractivity contribution in [1.82, 2.24) is 5.32 Å². The molecule has 34 heavy (non-hydrogen) atoms. The molecule has 0 saturated heterocycles. The summed E-state index contributed by atoms with van der Waals surface area (Å²) < 4.78 is 8.77. The van der Waals surface area contributed by atoms with Gasteiger partial charge in [-0.1, -0.05) is 104 Å². The highest BCUT2D eigenvalue weighted by molar-refractivity contribution is 7.43. The number of aliphatic hydroxyl groups is 1. The number of phosphoric acid groups is 1. The number of carbonyl (C=O) groups excluding carboxylic acids is 1. The topological polar surface area (TPSA) is 147 Å². The fraction of sp³-hybridized carbons (Fsp3) is 0.960. The molecule has 0 heterocycles. The van der Waals surface area contributed by atoms with Gasteiger partial charge in [-0.25, -0.2) is 0 Å². The van der Waals surface area contributed by atoms with E-state index in [2.05, 4.69) is 24.5 Å². The van der Waals surface area contributed by atoms with E-state index in [0.717, 1.165) is 38.4 Å². The van der Waals surface area contributed by atoms with E-state index in [1.165, 1.54) is 89.9 Å². The lowest BCUT2D eigenvalue weighted by atomic mass is 10.0. The monoisotopic (exact) mass is 510 g/mol. The zero-order valence-electron chi connectivity index (χ0n) is 22.0. The van der Waals surface area contributed by atoms with Gasteiger partial charge in [0.25, 0.3) is 7.82 Å². The predicted octanol–water partition coefficient (Wildman–Crippen LogP) is 3.39. The molecule has 0 aliphatic rings. The van der Waals surface area contributed by atoms with Crippen molar-refractivity contribution in [2.24, 2.45) is 5.92 Å². The number of nitrogens with one attached hydrogen (secondary N) is 1. The van der Waals surface area contributed by atoms with E-state index < -0.39 is 7.82 Å². The normalized spacial score (nSPS) is 11.4. The summed E-state index contributed by atoms with van der Waals surface area (Å²) >= 11 is 0. The minimum Gasteiger partial charge on any atom is -0.756 e. The molecule has 0 fully saturated rings. The van der Waals surface area contributed by atoms with Gasteiger partial charge in [0.05, 0.1) is 19.7 Å². The lowest BCUT2D eigenvalue weighted by Gasteiger charge is -2.05. The second-order valence-electron chi connectivity index (χ2n) is 9.67. The molecule has 0 spiro atoms. The maximum Gasteiger partial charge on any atom is 0.262 e. The zero-order valence-corrected chi connectivity index (χ0v) is 22.9. The summed E-state index contributed by atoms with van der Waals surface area (Å²) in [5.41, 5.74) is 0. The molecular formula is C25H55N2O6P. The second-order valence-corrected chi connectivity index (χ2v) is 10.6. The van der Waals surface area contributed by atoms with Gasteiger partial charge in [-0.2, -0.15) is 0 Å². The Kier molecular flexibility index (Phi) is 28.4. The molecule has 0 radical (unpaired) electrons. The second kappa shape index (κ2) is 27.1. The van der Waals surface area contributed by atoms with Crippen molar-refractivity contribution < 1.29 is 34.5 Å². The summed E-state index contributed by atoms with van der Waals surface area (Å²) in [6.45, 7) is 7.37. The lowest BCUT2D eigenvalue weighted by molar-refractivity contribution is -0.656. The molecular weight excluding hydrogens is 455 g/mol. The Balaban J connectivity index is 0. The fourth-order valence-corrected chi connectivity index (χ4v) is 3.76. The number of nitrogens with two attached hydrogens (primary N) is 1. The molecule has 206 valence electrons. The molecule has 0 unspecified atom stereocenters. The minimum atomic E-state index is -4.89. The largest absolute Gasteiger partial charge is 0.756 e. The molecule has 0 atom stereocenters. The number of aliphatic hydroxyl groups excluding tert-OH is 1. The van der Waals surface area contributed by atoms with Gasteiger partial charge in [-0.3, -0.25) is 9.36 Å². The summed E-state index contributed by atoms with van der Waals surface area (Å²) in [6.07, 6.45) is 22.1. The third-order valence-corrected chi connectivity index (χ3v) is 5.68. The molecule has 0 aromatic rings. The molecule has 0 rings (SSSR count). The van der Waals surface area contributed by atoms with Crippen LogP contribution < -0.4 is 15.5 Å². The van der Waals surface area contributed by atoms with Crippen molar-refractivity contribution in [3.63, 3.8) is 0 Å². The van der Waals surface area contributed by atoms with Crippen LogP contribution in [0.2, 0.25) is 0 Å². The van der Waals surface area contributed by atoms with Gasteiger partial charge in [0.2, 0.25) is 5.91 Å². The van der Waals surface area contributed by atoms with Crippen LogP contribution in [0.3, 0.4) is 0 Å². The average Bonchev–Trinajstić information content (AvgIpc) is 2.74. The van der Waals surface area contributed by atoms with Crippen molar-refractivity contribution in [2.45, 2.75) is 123 Å². The van der Waals surface area contributed by atoms with Gasteiger partial charge < -0.3 is 30.4 Å². The molecule has 0 aromatic heterocycles. The van der Waals surface area contributed by atoms with E-state index in [0.29, 0.717) is 6.42 Å². The van der Waals surface area contributed by atoms with Crippen molar-refractivity contribution in [3.8, 4) is 0 Å². The molecule has 8 nitrogen and oxygen atoms in total. The Morgan fingerprint density at radius 3 is 1.62 bits per heavy atom. The molecule has 0 saturated carbocycles. The Labute approximate surface area is 208 Å². The molecule has 9 heteroatoms. The van der Waals surface area contributed by atoms with E-state index in [1.807, 2.05) is 0 Å². The van der Waals surface area contributed by atoms with E-state index in [-0.39, 0.29) is 12.5 Å². The molecule has 6 N–H and O–H groups in total. The molecule has 0 aromatic carbocycles. The number of rotatable bonds is 23. The summed E-state index contributed by atoms with van der Waals surface area (Å²) in [5.74, 6) is 1.07. The van der Waals surface area contributed by atoms with Crippen LogP contribution in [0.4, 0.5) is 0 Å². The summed E-state index contributed by atoms with van der Waals surface area (Å²) in [4.78, 5) is 34.7. The van der Waals surface area contributed by atoms with Gasteiger partial charge in [-0.15, -0.1) is 0 Å². The summed E-state index contributed by atoms with van der Waals surface area (Å²) in [5, 5.41) is 13.8. The molecule has 0 aliphatic carbocycles. The summed E-state index contributed by atoms with van der Waals surface area (Å²) in [7, 11) is -4.89. The van der Waals surface area contributed by atoms with Crippen LogP contribution in [-0.4, -0.2) is 47.0 Å². The van der Waals surface area contributed by atoms with E-state index in [1.54, 1.807) is 0 Å². The molecule has 0 aliphatic heterocycles. The SMILES string of the molecule is CC(C)CCCCCCCCCCCCCCCCC(=O)NCCC[NH2+]CCO.O=P([O-])(O)O. The van der Waals surface area contributed by atoms with Gasteiger partial charge in [-0.05, 0) is 12.3 Å². The van der Waals surface area contributed by atoms with Gasteiger partial charge in [0.15, 0.2) is 0 Å². The zero-order chi connectivity index (χ0) is 25.9. The number of quaternary nitrogens is 1. The number of amides is 1. The van der Waals surface area contributed by atoms with Gasteiger partial charge in [0.1, 0.15) is 0 Å². The van der Waals surface area contributed by atoms with Crippen LogP contribution in [0, 0.1) is 5.92 Å². The van der Waals surface area contributed by atoms with E-state index >= 15 is 0 Å². The smallest absolute Gasteiger partial charge is 0.262 e. The van der Waals surface area contributed by atoms with Gasteiger partial charge >= 0.3 is 0 Å². The standard InChI is InChI=1S/C25H52N2O2.H3O4P/c1-24(2)18-15-13-11-9-7-5-3-4-6-8-10-12-14-16-19-25(29)27-21-17-20-26-22-23-28;1-5(2,3)4/h24,26,28H,3-23H2,1-2H3,(H,27,29);(H3,1,2,3,4). The minimum absolute atomic E-state index is 0.201. The quantitative estimate of drug-likeness (QED) is 0.105. The Bertz CT molecular complexity index is 466. The number of hydrogen-bond acceptors (Lipinski definition) is 4. The first-order chi connectivity index (χ1) is 16.2. The van der Waals surface area contributed by atoms with Crippen LogP contribution in [0.5, 0.6) is 0 Å². The Hall–Kier alpha value is -0.500. The number of unbranched alkanes of at least 4 members (excludes halogenated alkanes) is 13. The Morgan fingerprint density at radius 2 is 1.21 bits per heavy atom. The first-order valence-electron chi connectivity index (χ1n) is 13.6. The highest BCUT2D eigenvalue weighted by Crippen LogP contribution is 2.19. The first kappa shape index (κ1) is 35.7. The van der Waals surface area contributed by atoms with Crippen molar-refractivity contribution in [2.75, 3.05) is 26.2 Å². The fourth-order valence-electron chi connectivity index (χ4n) is 3.76. The van der Waals surface area contributed by atoms with Crippen molar-refractivity contribution >= 4 is 13.7 Å². The summed E-state index contributed by atoms with van der Waals surface area (Å²) in [6, 6.07) is 0. The van der Waals surface area contributed by atoms with E-state index in [9.17, 15) is 4.79 Å². The Morgan fingerprint density at radius 1 is 0.794 bits per heavy atom. The maximum atomic E-state index is 11.7. The first-order valence-corrected chi connectivity index (χ1v) is 15.2. The highest BCUT2D eigenvalue weighted by atomic mass is 31.2. The predicted molar refractivity (Wildman–Crippen MR) is 137 cm³/mol. The van der Waals surface area contributed by atoms with Crippen LogP contribution >= 0.6 is 7.82 Å². The maximum absolute atomic E-state index is 11.7. The van der Waals surface area contributed by atoms with Crippen LogP contribution in [0.15, 0.2) is 0 Å². The average molecular weight is 511 g/mol. The highest BCUT2D eigenvalue weighted by Gasteiger charge is 2.01. The lowest BCUT2D eigenvalue weighted by Crippen LogP contribution is -2.85. The van der Waals surface area contributed by atoms with E-state index in [4.69, 9.17) is 24.4 Å². The van der Waals surface area contributed by atoms with Crippen molar-refractivity contribution in [1.29, 1.82) is 0 Å². The number of carbonyl (C=O) groups is 1. The third-order valence-electron chi connectivity index (χ3n) is 5.68. The van der Waals surface area contributed by atoms with Crippen LogP contribution in [0.25, 0.3) is 0 Å². The van der Waals surface area contributed by atoms with Crippen LogP contribution in [-0.2, 0) is 9.36 Å². The van der Waals surface area contributed by atoms with Crippen molar-refractivity contribution in [3.05, 3.63) is 0 Å². The molecule has 0 bridgehead atoms. The third kappa shape index (κ3) is 41.7. The van der Waals surface area contributed by atoms with Crippen LogP contribution in [0.1, 0.15) is 123 Å².